The topological polar surface area (TPSA) is 78.9 Å². The van der Waals surface area contributed by atoms with Gasteiger partial charge in [-0.3, -0.25) is 0 Å². The molecule has 0 radical (unpaired) electrons. The number of amidine groups is 1. The Labute approximate surface area is 212 Å². The van der Waals surface area contributed by atoms with Gasteiger partial charge in [-0.1, -0.05) is 6.92 Å². The third-order valence-electron chi connectivity index (χ3n) is 5.43. The number of rotatable bonds is 4. The predicted octanol–water partition coefficient (Wildman–Crippen LogP) is 4.50. The first-order valence-corrected chi connectivity index (χ1v) is 12.5. The van der Waals surface area contributed by atoms with Crippen LogP contribution >= 0.6 is 0 Å². The Morgan fingerprint density at radius 2 is 1.88 bits per heavy atom. The van der Waals surface area contributed by atoms with Crippen LogP contribution in [0, 0.1) is 50.5 Å². The average Bonchev–Trinajstić information content (AvgIpc) is 3.23. The molecule has 0 aliphatic carbocycles. The maximum absolute atomic E-state index is 4.84. The summed E-state index contributed by atoms with van der Waals surface area (Å²) in [5.41, 5.74) is 6.05. The van der Waals surface area contributed by atoms with Gasteiger partial charge in [0.1, 0.15) is 0 Å². The van der Waals surface area contributed by atoms with Gasteiger partial charge in [-0.25, -0.2) is 0 Å². The third kappa shape index (κ3) is 4.21. The van der Waals surface area contributed by atoms with Gasteiger partial charge in [0, 0.05) is 6.42 Å². The number of nitrogens with one attached hydrogen (secondary N) is 2. The van der Waals surface area contributed by atoms with Gasteiger partial charge in [-0.05, 0) is 0 Å². The van der Waals surface area contributed by atoms with E-state index in [0.717, 1.165) is 62.9 Å². The summed E-state index contributed by atoms with van der Waals surface area (Å²) < 4.78 is 6.05. The average molecular weight is 540 g/mol. The monoisotopic (exact) mass is 540 g/mol. The molecule has 3 heterocycles. The Bertz CT molecular complexity index is 1370. The fraction of sp³-hybridized carbons (Fsp3) is 0.200. The molecule has 0 atom stereocenters. The maximum atomic E-state index is 4.84. The zero-order chi connectivity index (χ0) is 22.2. The number of H-pyrrole nitrogens is 1. The van der Waals surface area contributed by atoms with Crippen LogP contribution < -0.4 is 5.35 Å². The molecule has 2 aromatic heterocycles. The minimum atomic E-state index is -0.304. The number of aryl methyl sites for hydroxylation is 1. The van der Waals surface area contributed by atoms with Gasteiger partial charge < -0.3 is 0 Å². The number of benzene rings is 2. The molecule has 162 valence electrons. The van der Waals surface area contributed by atoms with E-state index in [0.29, 0.717) is 5.92 Å². The number of aromatic nitrogens is 4. The molecule has 0 amide bonds. The molecule has 0 fully saturated rings. The molecule has 1 aliphatic heterocycles. The van der Waals surface area contributed by atoms with E-state index in [2.05, 4.69) is 78.0 Å². The van der Waals surface area contributed by atoms with Crippen LogP contribution in [-0.2, 0) is 6.42 Å². The van der Waals surface area contributed by atoms with E-state index in [1.54, 1.807) is 0 Å². The quantitative estimate of drug-likeness (QED) is 0.400. The van der Waals surface area contributed by atoms with Crippen LogP contribution in [0.5, 0.6) is 0 Å². The summed E-state index contributed by atoms with van der Waals surface area (Å²) in [6.07, 6.45) is 4.66. The van der Waals surface area contributed by atoms with Crippen LogP contribution in [0.1, 0.15) is 32.2 Å². The van der Waals surface area contributed by atoms with Crippen LogP contribution in [0.2, 0.25) is 0 Å². The van der Waals surface area contributed by atoms with Crippen molar-refractivity contribution >= 4 is 22.5 Å². The summed E-state index contributed by atoms with van der Waals surface area (Å²) in [4.78, 5) is 17.3. The van der Waals surface area contributed by atoms with E-state index in [1.165, 1.54) is 0.0314 Å². The van der Waals surface area contributed by atoms with Gasteiger partial charge in [-0.2, -0.15) is 0 Å². The van der Waals surface area contributed by atoms with Crippen molar-refractivity contribution in [2.75, 3.05) is 0 Å². The normalized spacial score (nSPS) is 13.9. The molecule has 32 heavy (non-hydrogen) atoms. The molecule has 0 spiro atoms. The molecular weight excluding hydrogens is 516 g/mol. The van der Waals surface area contributed by atoms with Crippen molar-refractivity contribution in [2.24, 2.45) is 5.92 Å². The van der Waals surface area contributed by atoms with Crippen LogP contribution in [-0.4, -0.2) is 25.8 Å². The molecule has 0 saturated heterocycles. The molecule has 4 aromatic rings. The first kappa shape index (κ1) is 21.6. The fourth-order valence-corrected chi connectivity index (χ4v) is 5.83. The summed E-state index contributed by atoms with van der Waals surface area (Å²) in [5, 5.41) is 4.38. The van der Waals surface area contributed by atoms with Gasteiger partial charge in [-0.15, -0.1) is 0 Å². The van der Waals surface area contributed by atoms with Crippen LogP contribution in [0.3, 0.4) is 0 Å². The number of fused-ring (bicyclic) bond motifs is 2. The molecule has 7 heteroatoms. The molecule has 0 unspecified atom stereocenters. The summed E-state index contributed by atoms with van der Waals surface area (Å²) in [6.45, 7) is 10.6. The van der Waals surface area contributed by atoms with Gasteiger partial charge in [0.25, 0.3) is 0 Å². The predicted molar refractivity (Wildman–Crippen MR) is 126 cm³/mol. The molecule has 0 saturated carbocycles. The summed E-state index contributed by atoms with van der Waals surface area (Å²) in [6, 6.07) is 12.6. The van der Waals surface area contributed by atoms with Crippen LogP contribution in [0.15, 0.2) is 55.4 Å². The van der Waals surface area contributed by atoms with Crippen molar-refractivity contribution in [1.82, 2.24) is 25.3 Å². The van der Waals surface area contributed by atoms with Gasteiger partial charge in [0.15, 0.2) is 0 Å². The Balaban J connectivity index is 1.49. The molecule has 2 N–H and O–H groups in total. The zero-order valence-electron chi connectivity index (χ0n) is 18.3. The second-order valence-electron chi connectivity index (χ2n) is 8.05. The first-order chi connectivity index (χ1) is 15.5. The van der Waals surface area contributed by atoms with E-state index in [-0.39, 0.29) is 44.6 Å². The molecule has 2 aromatic carbocycles. The number of imidazole rings is 1. The van der Waals surface area contributed by atoms with Crippen molar-refractivity contribution in [3.63, 3.8) is 0 Å². The van der Waals surface area contributed by atoms with Crippen molar-refractivity contribution < 1.29 is 44.6 Å². The summed E-state index contributed by atoms with van der Waals surface area (Å²) in [7, 11) is 0. The Morgan fingerprint density at radius 1 is 1.03 bits per heavy atom. The molecule has 0 bridgehead atoms. The van der Waals surface area contributed by atoms with Gasteiger partial charge in [0.05, 0.1) is 0 Å². The third-order valence-corrected chi connectivity index (χ3v) is 7.47. The minimum absolute atomic E-state index is 0.304. The van der Waals surface area contributed by atoms with Gasteiger partial charge in [0.2, 0.25) is 0 Å². The Morgan fingerprint density at radius 3 is 2.66 bits per heavy atom. The summed E-state index contributed by atoms with van der Waals surface area (Å²) in [5.74, 6) is 3.06. The number of aromatic amines is 1. The molecular formula is C25H24N6Xe. The van der Waals surface area contributed by atoms with E-state index in [9.17, 15) is 0 Å². The zero-order valence-corrected chi connectivity index (χ0v) is 20.3. The molecule has 6 nitrogen and oxygen atoms in total. The Hall–Kier alpha value is -2.23. The number of hydrogen-bond acceptors (Lipinski definition) is 5. The van der Waals surface area contributed by atoms with Crippen molar-refractivity contribution in [3.8, 4) is 22.6 Å². The second-order valence-corrected chi connectivity index (χ2v) is 10.0. The van der Waals surface area contributed by atoms with Gasteiger partial charge >= 0.3 is 202 Å². The van der Waals surface area contributed by atoms with Crippen molar-refractivity contribution in [1.29, 1.82) is 0 Å². The standard InChI is InChI=1S/C25H24N6Xe/c1-5-23-26-13-21(29-23)16-7-9-20-18(10-16)12-27-25(30-20)17-6-8-19-15(4)28-24(14(2)3)31-32-22(19)11-17/h6-14H,4-5H2,1-3H3,(H,26,29)(H,28,31). The van der Waals surface area contributed by atoms with E-state index in [1.807, 2.05) is 18.5 Å². The van der Waals surface area contributed by atoms with Crippen LogP contribution in [0.4, 0.5) is 0 Å². The Kier molecular flexibility index (Phi) is 6.05. The van der Waals surface area contributed by atoms with E-state index >= 15 is 0 Å². The number of hydrogen-bond donors (Lipinski definition) is 2. The van der Waals surface area contributed by atoms with Crippen molar-refractivity contribution in [3.05, 3.63) is 66.8 Å². The molecule has 5 rings (SSSR count). The molecule has 1 aliphatic rings. The van der Waals surface area contributed by atoms with E-state index < -0.39 is 0 Å². The number of nitrogens with zero attached hydrogens (tertiary/aromatic N) is 4. The fourth-order valence-electron chi connectivity index (χ4n) is 3.55. The second kappa shape index (κ2) is 8.96. The van der Waals surface area contributed by atoms with Crippen molar-refractivity contribution in [2.45, 2.75) is 27.2 Å². The SMILES string of the molecule is C=C1NC(C(C)C)=N[Xe]c2cc(-c3ncc4cc(-c5cnc(CC)[nH]5)ccc4n3)ccc21. The van der Waals surface area contributed by atoms with Crippen LogP contribution in [0.25, 0.3) is 39.2 Å². The van der Waals surface area contributed by atoms with E-state index in [4.69, 9.17) is 4.99 Å². The first-order valence-electron chi connectivity index (χ1n) is 10.6. The summed E-state index contributed by atoms with van der Waals surface area (Å²) >= 11 is -0.304.